The fraction of sp³-hybridized carbons (Fsp3) is 0.333. The molecule has 1 aromatic heterocycles. The first-order chi connectivity index (χ1) is 9.95. The average molecular weight is 282 g/mol. The second kappa shape index (κ2) is 6.53. The smallest absolute Gasteiger partial charge is 0.224 e. The summed E-state index contributed by atoms with van der Waals surface area (Å²) < 4.78 is 0. The number of rotatable bonds is 4. The first kappa shape index (κ1) is 15.2. The van der Waals surface area contributed by atoms with E-state index in [1.807, 2.05) is 30.3 Å². The number of pyridine rings is 1. The second-order valence-corrected chi connectivity index (χ2v) is 6.20. The van der Waals surface area contributed by atoms with Gasteiger partial charge in [0, 0.05) is 24.0 Å². The van der Waals surface area contributed by atoms with Gasteiger partial charge in [0.15, 0.2) is 0 Å². The number of nitrogens with zero attached hydrogens (tertiary/aromatic N) is 1. The summed E-state index contributed by atoms with van der Waals surface area (Å²) in [5, 5.41) is 2.92. The quantitative estimate of drug-likeness (QED) is 0.922. The van der Waals surface area contributed by atoms with Gasteiger partial charge in [0.05, 0.1) is 0 Å². The molecule has 0 saturated carbocycles. The number of benzene rings is 1. The van der Waals surface area contributed by atoms with E-state index in [0.29, 0.717) is 12.8 Å². The van der Waals surface area contributed by atoms with E-state index >= 15 is 0 Å². The van der Waals surface area contributed by atoms with Crippen molar-refractivity contribution < 1.29 is 4.79 Å². The van der Waals surface area contributed by atoms with E-state index < -0.39 is 0 Å². The first-order valence-electron chi connectivity index (χ1n) is 7.25. The third kappa shape index (κ3) is 4.71. The average Bonchev–Trinajstić information content (AvgIpc) is 2.46. The van der Waals surface area contributed by atoms with Crippen LogP contribution >= 0.6 is 0 Å². The summed E-state index contributed by atoms with van der Waals surface area (Å²) >= 11 is 0. The lowest BCUT2D eigenvalue weighted by Gasteiger charge is -2.19. The Morgan fingerprint density at radius 3 is 2.38 bits per heavy atom. The number of amides is 1. The van der Waals surface area contributed by atoms with Crippen LogP contribution in [0.2, 0.25) is 0 Å². The summed E-state index contributed by atoms with van der Waals surface area (Å²) in [6.45, 7) is 6.52. The Labute approximate surface area is 126 Å². The highest BCUT2D eigenvalue weighted by Gasteiger charge is 2.13. The summed E-state index contributed by atoms with van der Waals surface area (Å²) in [6.07, 6.45) is 2.85. The topological polar surface area (TPSA) is 42.0 Å². The lowest BCUT2D eigenvalue weighted by molar-refractivity contribution is -0.116. The fourth-order valence-electron chi connectivity index (χ4n) is 2.06. The Bertz CT molecular complexity index is 583. The van der Waals surface area contributed by atoms with Crippen LogP contribution in [0.15, 0.2) is 48.7 Å². The highest BCUT2D eigenvalue weighted by atomic mass is 16.1. The molecule has 3 heteroatoms. The zero-order chi connectivity index (χ0) is 15.3. The predicted octanol–water partition coefficient (Wildman–Crippen LogP) is 3.95. The SMILES string of the molecule is CC(C)(C)c1ccc(NC(=O)CCc2ccccn2)cc1. The molecule has 110 valence electrons. The third-order valence-corrected chi connectivity index (χ3v) is 3.37. The highest BCUT2D eigenvalue weighted by Crippen LogP contribution is 2.23. The van der Waals surface area contributed by atoms with Crippen LogP contribution in [0.1, 0.15) is 38.4 Å². The molecular weight excluding hydrogens is 260 g/mol. The molecule has 0 aliphatic heterocycles. The van der Waals surface area contributed by atoms with Gasteiger partial charge in [0.1, 0.15) is 0 Å². The van der Waals surface area contributed by atoms with Gasteiger partial charge in [-0.05, 0) is 41.7 Å². The van der Waals surface area contributed by atoms with Crippen LogP contribution in [0.4, 0.5) is 5.69 Å². The molecule has 1 amide bonds. The maximum absolute atomic E-state index is 11.9. The molecule has 0 spiro atoms. The molecular formula is C18H22N2O. The molecule has 21 heavy (non-hydrogen) atoms. The minimum atomic E-state index is 0.0177. The molecule has 0 unspecified atom stereocenters. The van der Waals surface area contributed by atoms with Crippen LogP contribution in [-0.4, -0.2) is 10.9 Å². The van der Waals surface area contributed by atoms with Gasteiger partial charge in [-0.3, -0.25) is 9.78 Å². The van der Waals surface area contributed by atoms with Gasteiger partial charge in [0.25, 0.3) is 0 Å². The van der Waals surface area contributed by atoms with Crippen LogP contribution in [0, 0.1) is 0 Å². The van der Waals surface area contributed by atoms with Crippen LogP contribution in [0.3, 0.4) is 0 Å². The third-order valence-electron chi connectivity index (χ3n) is 3.37. The van der Waals surface area contributed by atoms with Crippen molar-refractivity contribution in [3.63, 3.8) is 0 Å². The van der Waals surface area contributed by atoms with E-state index in [-0.39, 0.29) is 11.3 Å². The second-order valence-electron chi connectivity index (χ2n) is 6.20. The van der Waals surface area contributed by atoms with Gasteiger partial charge in [-0.1, -0.05) is 39.0 Å². The Morgan fingerprint density at radius 1 is 1.10 bits per heavy atom. The zero-order valence-electron chi connectivity index (χ0n) is 12.9. The van der Waals surface area contributed by atoms with E-state index in [2.05, 4.69) is 43.2 Å². The minimum absolute atomic E-state index is 0.0177. The minimum Gasteiger partial charge on any atom is -0.326 e. The van der Waals surface area contributed by atoms with Gasteiger partial charge in [-0.25, -0.2) is 0 Å². The number of carbonyl (C=O) groups excluding carboxylic acids is 1. The molecule has 3 nitrogen and oxygen atoms in total. The van der Waals surface area contributed by atoms with Gasteiger partial charge < -0.3 is 5.32 Å². The Kier molecular flexibility index (Phi) is 4.73. The lowest BCUT2D eigenvalue weighted by atomic mass is 9.87. The number of anilines is 1. The maximum Gasteiger partial charge on any atom is 0.224 e. The maximum atomic E-state index is 11.9. The van der Waals surface area contributed by atoms with Crippen molar-refractivity contribution in [3.05, 3.63) is 59.9 Å². The molecule has 1 heterocycles. The zero-order valence-corrected chi connectivity index (χ0v) is 12.9. The summed E-state index contributed by atoms with van der Waals surface area (Å²) in [6, 6.07) is 13.8. The van der Waals surface area contributed by atoms with Crippen molar-refractivity contribution >= 4 is 11.6 Å². The van der Waals surface area contributed by atoms with Gasteiger partial charge in [0.2, 0.25) is 5.91 Å². The van der Waals surface area contributed by atoms with Gasteiger partial charge in [-0.15, -0.1) is 0 Å². The molecule has 0 aliphatic carbocycles. The Balaban J connectivity index is 1.88. The Morgan fingerprint density at radius 2 is 1.81 bits per heavy atom. The number of nitrogens with one attached hydrogen (secondary N) is 1. The van der Waals surface area contributed by atoms with Crippen molar-refractivity contribution in [2.24, 2.45) is 0 Å². The summed E-state index contributed by atoms with van der Waals surface area (Å²) in [7, 11) is 0. The number of carbonyl (C=O) groups is 1. The van der Waals surface area contributed by atoms with E-state index in [4.69, 9.17) is 0 Å². The molecule has 0 radical (unpaired) electrons. The van der Waals surface area contributed by atoms with Crippen LogP contribution in [0.5, 0.6) is 0 Å². The van der Waals surface area contributed by atoms with Crippen molar-refractivity contribution in [3.8, 4) is 0 Å². The van der Waals surface area contributed by atoms with Crippen molar-refractivity contribution in [1.82, 2.24) is 4.98 Å². The summed E-state index contributed by atoms with van der Waals surface area (Å²) in [4.78, 5) is 16.1. The molecule has 0 bridgehead atoms. The molecule has 0 aliphatic rings. The lowest BCUT2D eigenvalue weighted by Crippen LogP contribution is -2.14. The van der Waals surface area contributed by atoms with E-state index in [9.17, 15) is 4.79 Å². The Hall–Kier alpha value is -2.16. The molecule has 2 rings (SSSR count). The van der Waals surface area contributed by atoms with Crippen molar-refractivity contribution in [1.29, 1.82) is 0 Å². The summed E-state index contributed by atoms with van der Waals surface area (Å²) in [5.41, 5.74) is 3.17. The molecule has 0 fully saturated rings. The molecule has 2 aromatic rings. The molecule has 1 N–H and O–H groups in total. The predicted molar refractivity (Wildman–Crippen MR) is 86.3 cm³/mol. The number of aromatic nitrogens is 1. The van der Waals surface area contributed by atoms with Gasteiger partial charge >= 0.3 is 0 Å². The normalized spacial score (nSPS) is 11.2. The summed E-state index contributed by atoms with van der Waals surface area (Å²) in [5.74, 6) is 0.0177. The fourth-order valence-corrected chi connectivity index (χ4v) is 2.06. The van der Waals surface area contributed by atoms with Gasteiger partial charge in [-0.2, -0.15) is 0 Å². The van der Waals surface area contributed by atoms with E-state index in [1.165, 1.54) is 5.56 Å². The van der Waals surface area contributed by atoms with Crippen LogP contribution < -0.4 is 5.32 Å². The van der Waals surface area contributed by atoms with Crippen molar-refractivity contribution in [2.45, 2.75) is 39.0 Å². The standard InChI is InChI=1S/C18H22N2O/c1-18(2,3)14-7-9-16(10-8-14)20-17(21)12-11-15-6-4-5-13-19-15/h4-10,13H,11-12H2,1-3H3,(H,20,21). The monoisotopic (exact) mass is 282 g/mol. The first-order valence-corrected chi connectivity index (χ1v) is 7.25. The molecule has 0 saturated heterocycles. The number of hydrogen-bond acceptors (Lipinski definition) is 2. The molecule has 1 aromatic carbocycles. The highest BCUT2D eigenvalue weighted by molar-refractivity contribution is 5.90. The van der Waals surface area contributed by atoms with E-state index in [1.54, 1.807) is 6.20 Å². The number of aryl methyl sites for hydroxylation is 1. The van der Waals surface area contributed by atoms with Crippen LogP contribution in [-0.2, 0) is 16.6 Å². The largest absolute Gasteiger partial charge is 0.326 e. The van der Waals surface area contributed by atoms with Crippen molar-refractivity contribution in [2.75, 3.05) is 5.32 Å². The van der Waals surface area contributed by atoms with E-state index in [0.717, 1.165) is 11.4 Å². The molecule has 0 atom stereocenters. The number of hydrogen-bond donors (Lipinski definition) is 1. The van der Waals surface area contributed by atoms with Crippen LogP contribution in [0.25, 0.3) is 0 Å².